The lowest BCUT2D eigenvalue weighted by molar-refractivity contribution is 0.775. The first-order chi connectivity index (χ1) is 9.86. The van der Waals surface area contributed by atoms with Crippen LogP contribution in [0.3, 0.4) is 0 Å². The Morgan fingerprint density at radius 1 is 1.15 bits per heavy atom. The number of rotatable bonds is 3. The predicted molar refractivity (Wildman–Crippen MR) is 81.0 cm³/mol. The summed E-state index contributed by atoms with van der Waals surface area (Å²) in [7, 11) is 0. The second-order valence-electron chi connectivity index (χ2n) is 5.17. The summed E-state index contributed by atoms with van der Waals surface area (Å²) in [5, 5.41) is 1.16. The largest absolute Gasteiger partial charge is 0.339 e. The molecule has 0 aliphatic rings. The standard InChI is InChI=1S/C16H16N4/c1-2-3-6-11-9-10-20-15-14(19-16(20)17-11)12-7-4-5-8-13(12)18-15/h4-5,7-10,18H,2-3,6H2,1H3. The molecule has 0 aliphatic carbocycles. The Bertz CT molecular complexity index is 901. The van der Waals surface area contributed by atoms with Crippen LogP contribution in [0.15, 0.2) is 36.5 Å². The average Bonchev–Trinajstić information content (AvgIpc) is 3.00. The number of hydrogen-bond acceptors (Lipinski definition) is 2. The Hall–Kier alpha value is -2.36. The van der Waals surface area contributed by atoms with Crippen LogP contribution in [-0.2, 0) is 6.42 Å². The van der Waals surface area contributed by atoms with Crippen molar-refractivity contribution >= 4 is 27.8 Å². The summed E-state index contributed by atoms with van der Waals surface area (Å²) in [6.07, 6.45) is 5.45. The molecule has 0 fully saturated rings. The Morgan fingerprint density at radius 2 is 2.05 bits per heavy atom. The molecule has 4 aromatic rings. The number of para-hydroxylation sites is 1. The highest BCUT2D eigenvalue weighted by Crippen LogP contribution is 2.25. The molecule has 0 saturated heterocycles. The summed E-state index contributed by atoms with van der Waals surface area (Å²) < 4.78 is 2.03. The quantitative estimate of drug-likeness (QED) is 0.613. The number of H-pyrrole nitrogens is 1. The molecule has 4 rings (SSSR count). The number of aryl methyl sites for hydroxylation is 1. The van der Waals surface area contributed by atoms with Crippen LogP contribution in [0.2, 0.25) is 0 Å². The summed E-state index contributed by atoms with van der Waals surface area (Å²) in [6, 6.07) is 10.3. The van der Waals surface area contributed by atoms with Gasteiger partial charge in [-0.15, -0.1) is 0 Å². The highest BCUT2D eigenvalue weighted by Gasteiger charge is 2.11. The van der Waals surface area contributed by atoms with Gasteiger partial charge in [0.1, 0.15) is 11.2 Å². The first kappa shape index (κ1) is 11.5. The van der Waals surface area contributed by atoms with Gasteiger partial charge in [-0.1, -0.05) is 31.5 Å². The van der Waals surface area contributed by atoms with Crippen molar-refractivity contribution in [3.63, 3.8) is 0 Å². The first-order valence-corrected chi connectivity index (χ1v) is 7.11. The molecule has 0 unspecified atom stereocenters. The lowest BCUT2D eigenvalue weighted by atomic mass is 10.2. The molecule has 0 bridgehead atoms. The number of imidazole rings is 1. The SMILES string of the molecule is CCCCc1ccn2c(n1)nc1c3ccccc3[nH]c12. The Labute approximate surface area is 116 Å². The Balaban J connectivity index is 1.95. The van der Waals surface area contributed by atoms with Crippen molar-refractivity contribution in [3.05, 3.63) is 42.2 Å². The Kier molecular flexibility index (Phi) is 2.49. The van der Waals surface area contributed by atoms with E-state index in [4.69, 9.17) is 4.98 Å². The zero-order chi connectivity index (χ0) is 13.5. The topological polar surface area (TPSA) is 46.0 Å². The van der Waals surface area contributed by atoms with E-state index >= 15 is 0 Å². The van der Waals surface area contributed by atoms with Crippen LogP contribution in [0, 0.1) is 0 Å². The molecule has 0 aliphatic heterocycles. The van der Waals surface area contributed by atoms with Crippen molar-refractivity contribution in [2.24, 2.45) is 0 Å². The number of nitrogens with one attached hydrogen (secondary N) is 1. The summed E-state index contributed by atoms with van der Waals surface area (Å²) in [5.41, 5.74) is 4.27. The van der Waals surface area contributed by atoms with Gasteiger partial charge in [0, 0.05) is 22.8 Å². The number of fused-ring (bicyclic) bond motifs is 5. The van der Waals surface area contributed by atoms with Gasteiger partial charge in [0.25, 0.3) is 0 Å². The van der Waals surface area contributed by atoms with Crippen LogP contribution in [0.4, 0.5) is 0 Å². The molecule has 0 saturated carbocycles. The van der Waals surface area contributed by atoms with Gasteiger partial charge in [-0.25, -0.2) is 9.97 Å². The third kappa shape index (κ3) is 1.61. The van der Waals surface area contributed by atoms with Gasteiger partial charge in [0.15, 0.2) is 0 Å². The van der Waals surface area contributed by atoms with Gasteiger partial charge in [0.05, 0.1) is 0 Å². The molecule has 3 aromatic heterocycles. The first-order valence-electron chi connectivity index (χ1n) is 7.11. The van der Waals surface area contributed by atoms with E-state index in [0.717, 1.165) is 40.0 Å². The molecular formula is C16H16N4. The fourth-order valence-corrected chi connectivity index (χ4v) is 2.70. The molecule has 1 N–H and O–H groups in total. The van der Waals surface area contributed by atoms with E-state index < -0.39 is 0 Å². The molecule has 4 heteroatoms. The highest BCUT2D eigenvalue weighted by molar-refractivity contribution is 6.04. The maximum Gasteiger partial charge on any atom is 0.236 e. The molecular weight excluding hydrogens is 248 g/mol. The van der Waals surface area contributed by atoms with Crippen LogP contribution in [0.1, 0.15) is 25.5 Å². The van der Waals surface area contributed by atoms with E-state index in [9.17, 15) is 0 Å². The molecule has 0 atom stereocenters. The Morgan fingerprint density at radius 3 is 2.95 bits per heavy atom. The number of aromatic nitrogens is 4. The van der Waals surface area contributed by atoms with Crippen LogP contribution in [0.25, 0.3) is 27.8 Å². The zero-order valence-corrected chi connectivity index (χ0v) is 11.4. The number of unbranched alkanes of at least 4 members (excludes halogenated alkanes) is 1. The van der Waals surface area contributed by atoms with Gasteiger partial charge < -0.3 is 4.98 Å². The van der Waals surface area contributed by atoms with E-state index in [-0.39, 0.29) is 0 Å². The third-order valence-electron chi connectivity index (χ3n) is 3.77. The summed E-state index contributed by atoms with van der Waals surface area (Å²) in [4.78, 5) is 12.8. The van der Waals surface area contributed by atoms with E-state index in [1.165, 1.54) is 12.8 Å². The number of hydrogen-bond donors (Lipinski definition) is 1. The van der Waals surface area contributed by atoms with Gasteiger partial charge in [-0.2, -0.15) is 0 Å². The zero-order valence-electron chi connectivity index (χ0n) is 11.4. The van der Waals surface area contributed by atoms with E-state index in [0.29, 0.717) is 0 Å². The normalized spacial score (nSPS) is 11.8. The number of benzene rings is 1. The van der Waals surface area contributed by atoms with Crippen molar-refractivity contribution in [3.8, 4) is 0 Å². The smallest absolute Gasteiger partial charge is 0.236 e. The molecule has 100 valence electrons. The second-order valence-corrected chi connectivity index (χ2v) is 5.17. The monoisotopic (exact) mass is 264 g/mol. The van der Waals surface area contributed by atoms with Crippen molar-refractivity contribution in [2.75, 3.05) is 0 Å². The fourth-order valence-electron chi connectivity index (χ4n) is 2.70. The number of aromatic amines is 1. The summed E-state index contributed by atoms with van der Waals surface area (Å²) in [6.45, 7) is 2.20. The minimum Gasteiger partial charge on any atom is -0.339 e. The molecule has 0 amide bonds. The summed E-state index contributed by atoms with van der Waals surface area (Å²) >= 11 is 0. The third-order valence-corrected chi connectivity index (χ3v) is 3.77. The predicted octanol–water partition coefficient (Wildman–Crippen LogP) is 3.71. The van der Waals surface area contributed by atoms with E-state index in [1.807, 2.05) is 16.5 Å². The van der Waals surface area contributed by atoms with Crippen molar-refractivity contribution in [1.82, 2.24) is 19.4 Å². The van der Waals surface area contributed by atoms with Crippen LogP contribution in [0.5, 0.6) is 0 Å². The number of nitrogens with zero attached hydrogens (tertiary/aromatic N) is 3. The van der Waals surface area contributed by atoms with E-state index in [2.05, 4.69) is 41.3 Å². The van der Waals surface area contributed by atoms with Crippen molar-refractivity contribution in [2.45, 2.75) is 26.2 Å². The second kappa shape index (κ2) is 4.34. The minimum absolute atomic E-state index is 0.783. The maximum atomic E-state index is 4.69. The molecule has 3 heterocycles. The molecule has 20 heavy (non-hydrogen) atoms. The van der Waals surface area contributed by atoms with Crippen LogP contribution < -0.4 is 0 Å². The van der Waals surface area contributed by atoms with Gasteiger partial charge >= 0.3 is 0 Å². The molecule has 4 nitrogen and oxygen atoms in total. The maximum absolute atomic E-state index is 4.69. The lowest BCUT2D eigenvalue weighted by Gasteiger charge is -1.99. The summed E-state index contributed by atoms with van der Waals surface area (Å²) in [5.74, 6) is 0.783. The molecule has 0 radical (unpaired) electrons. The van der Waals surface area contributed by atoms with Gasteiger partial charge in [-0.3, -0.25) is 4.40 Å². The highest BCUT2D eigenvalue weighted by atomic mass is 15.1. The van der Waals surface area contributed by atoms with Crippen molar-refractivity contribution < 1.29 is 0 Å². The van der Waals surface area contributed by atoms with Crippen LogP contribution >= 0.6 is 0 Å². The molecule has 1 aromatic carbocycles. The lowest BCUT2D eigenvalue weighted by Crippen LogP contribution is -1.95. The van der Waals surface area contributed by atoms with Crippen LogP contribution in [-0.4, -0.2) is 19.4 Å². The molecule has 0 spiro atoms. The van der Waals surface area contributed by atoms with Gasteiger partial charge in [0.2, 0.25) is 5.78 Å². The van der Waals surface area contributed by atoms with Crippen molar-refractivity contribution in [1.29, 1.82) is 0 Å². The minimum atomic E-state index is 0.783. The average molecular weight is 264 g/mol. The van der Waals surface area contributed by atoms with Gasteiger partial charge in [-0.05, 0) is 25.0 Å². The van der Waals surface area contributed by atoms with E-state index in [1.54, 1.807) is 0 Å². The fraction of sp³-hybridized carbons (Fsp3) is 0.250.